The number of ether oxygens (including phenoxy) is 2. The molecule has 1 aromatic carbocycles. The summed E-state index contributed by atoms with van der Waals surface area (Å²) in [5, 5.41) is 3.48. The Bertz CT molecular complexity index is 329. The Kier molecular flexibility index (Phi) is 5.49. The lowest BCUT2D eigenvalue weighted by Gasteiger charge is -2.13. The van der Waals surface area contributed by atoms with Crippen molar-refractivity contribution in [3.05, 3.63) is 30.3 Å². The Balaban J connectivity index is 1.56. The van der Waals surface area contributed by atoms with Gasteiger partial charge in [-0.05, 0) is 37.9 Å². The second kappa shape index (κ2) is 7.39. The zero-order valence-corrected chi connectivity index (χ0v) is 11.1. The molecule has 1 aliphatic rings. The van der Waals surface area contributed by atoms with Crippen LogP contribution in [0.4, 0.5) is 0 Å². The molecule has 1 fully saturated rings. The van der Waals surface area contributed by atoms with Gasteiger partial charge in [0.15, 0.2) is 0 Å². The third-order valence-corrected chi connectivity index (χ3v) is 3.33. The van der Waals surface area contributed by atoms with E-state index in [1.165, 1.54) is 12.8 Å². The van der Waals surface area contributed by atoms with Crippen LogP contribution in [-0.4, -0.2) is 31.9 Å². The van der Waals surface area contributed by atoms with Crippen LogP contribution in [0.3, 0.4) is 0 Å². The van der Waals surface area contributed by atoms with Gasteiger partial charge in [0, 0.05) is 6.04 Å². The van der Waals surface area contributed by atoms with Gasteiger partial charge in [0.2, 0.25) is 0 Å². The second-order valence-corrected chi connectivity index (χ2v) is 4.72. The third kappa shape index (κ3) is 4.31. The molecule has 2 rings (SSSR count). The van der Waals surface area contributed by atoms with Crippen LogP contribution in [0.15, 0.2) is 30.3 Å². The first kappa shape index (κ1) is 13.4. The first-order valence-electron chi connectivity index (χ1n) is 6.91. The minimum Gasteiger partial charge on any atom is -0.491 e. The monoisotopic (exact) mass is 249 g/mol. The molecule has 3 nitrogen and oxygen atoms in total. The predicted octanol–water partition coefficient (Wildman–Crippen LogP) is 2.61. The highest BCUT2D eigenvalue weighted by atomic mass is 16.5. The summed E-state index contributed by atoms with van der Waals surface area (Å²) in [6.07, 6.45) is 3.95. The molecule has 0 aliphatic heterocycles. The van der Waals surface area contributed by atoms with Crippen molar-refractivity contribution in [3.8, 4) is 5.75 Å². The maximum atomic E-state index is 5.84. The molecule has 3 heteroatoms. The third-order valence-electron chi connectivity index (χ3n) is 3.33. The highest BCUT2D eigenvalue weighted by Gasteiger charge is 2.24. The van der Waals surface area contributed by atoms with Crippen LogP contribution in [-0.2, 0) is 4.74 Å². The molecule has 0 radical (unpaired) electrons. The zero-order chi connectivity index (χ0) is 12.6. The number of rotatable bonds is 7. The predicted molar refractivity (Wildman–Crippen MR) is 73.0 cm³/mol. The van der Waals surface area contributed by atoms with Crippen molar-refractivity contribution in [3.63, 3.8) is 0 Å². The fraction of sp³-hybridized carbons (Fsp3) is 0.600. The van der Waals surface area contributed by atoms with E-state index >= 15 is 0 Å². The smallest absolute Gasteiger partial charge is 0.119 e. The number of para-hydroxylation sites is 1. The zero-order valence-electron chi connectivity index (χ0n) is 11.1. The Hall–Kier alpha value is -1.06. The van der Waals surface area contributed by atoms with Crippen molar-refractivity contribution in [2.75, 3.05) is 19.8 Å². The average Bonchev–Trinajstić information content (AvgIpc) is 2.84. The van der Waals surface area contributed by atoms with Crippen LogP contribution in [0, 0.1) is 0 Å². The lowest BCUT2D eigenvalue weighted by atomic mass is 10.2. The summed E-state index contributed by atoms with van der Waals surface area (Å²) in [6.45, 7) is 4.52. The average molecular weight is 249 g/mol. The topological polar surface area (TPSA) is 30.5 Å². The molecule has 0 aromatic heterocycles. The van der Waals surface area contributed by atoms with Gasteiger partial charge in [-0.15, -0.1) is 0 Å². The van der Waals surface area contributed by atoms with Gasteiger partial charge in [0.1, 0.15) is 12.4 Å². The van der Waals surface area contributed by atoms with Gasteiger partial charge >= 0.3 is 0 Å². The van der Waals surface area contributed by atoms with Crippen molar-refractivity contribution in [1.82, 2.24) is 5.32 Å². The van der Waals surface area contributed by atoms with Crippen molar-refractivity contribution in [2.24, 2.45) is 0 Å². The molecule has 100 valence electrons. The highest BCUT2D eigenvalue weighted by molar-refractivity contribution is 5.20. The van der Waals surface area contributed by atoms with Crippen LogP contribution >= 0.6 is 0 Å². The molecule has 2 unspecified atom stereocenters. The highest BCUT2D eigenvalue weighted by Crippen LogP contribution is 2.21. The van der Waals surface area contributed by atoms with E-state index in [1.54, 1.807) is 0 Å². The summed E-state index contributed by atoms with van der Waals surface area (Å²) < 4.78 is 11.4. The maximum absolute atomic E-state index is 5.84. The van der Waals surface area contributed by atoms with E-state index in [0.29, 0.717) is 25.4 Å². The van der Waals surface area contributed by atoms with Gasteiger partial charge in [0.25, 0.3) is 0 Å². The van der Waals surface area contributed by atoms with Gasteiger partial charge in [-0.2, -0.15) is 0 Å². The molecule has 1 N–H and O–H groups in total. The van der Waals surface area contributed by atoms with Crippen LogP contribution in [0.2, 0.25) is 0 Å². The number of nitrogens with one attached hydrogen (secondary N) is 1. The second-order valence-electron chi connectivity index (χ2n) is 4.72. The van der Waals surface area contributed by atoms with Gasteiger partial charge in [-0.3, -0.25) is 0 Å². The molecule has 0 amide bonds. The maximum Gasteiger partial charge on any atom is 0.119 e. The van der Waals surface area contributed by atoms with Crippen molar-refractivity contribution >= 4 is 0 Å². The van der Waals surface area contributed by atoms with E-state index in [1.807, 2.05) is 30.3 Å². The molecular formula is C15H23NO2. The van der Waals surface area contributed by atoms with Crippen molar-refractivity contribution < 1.29 is 9.47 Å². The Labute approximate surface area is 109 Å². The first-order chi connectivity index (χ1) is 8.88. The van der Waals surface area contributed by atoms with Crippen LogP contribution in [0.25, 0.3) is 0 Å². The SMILES string of the molecule is CCNC1CCC(OCCOc2ccccc2)C1. The largest absolute Gasteiger partial charge is 0.491 e. The van der Waals surface area contributed by atoms with E-state index in [-0.39, 0.29) is 0 Å². The molecule has 1 aliphatic carbocycles. The van der Waals surface area contributed by atoms with Gasteiger partial charge < -0.3 is 14.8 Å². The lowest BCUT2D eigenvalue weighted by Crippen LogP contribution is -2.27. The summed E-state index contributed by atoms with van der Waals surface area (Å²) in [7, 11) is 0. The molecule has 0 bridgehead atoms. The van der Waals surface area contributed by atoms with E-state index in [0.717, 1.165) is 18.7 Å². The minimum absolute atomic E-state index is 0.411. The van der Waals surface area contributed by atoms with Crippen molar-refractivity contribution in [1.29, 1.82) is 0 Å². The van der Waals surface area contributed by atoms with Crippen LogP contribution < -0.4 is 10.1 Å². The van der Waals surface area contributed by atoms with Crippen molar-refractivity contribution in [2.45, 2.75) is 38.3 Å². The van der Waals surface area contributed by atoms with E-state index < -0.39 is 0 Å². The van der Waals surface area contributed by atoms with Crippen LogP contribution in [0.1, 0.15) is 26.2 Å². The Morgan fingerprint density at radius 3 is 2.78 bits per heavy atom. The van der Waals surface area contributed by atoms with E-state index in [9.17, 15) is 0 Å². The summed E-state index contributed by atoms with van der Waals surface area (Å²) >= 11 is 0. The fourth-order valence-corrected chi connectivity index (χ4v) is 2.46. The lowest BCUT2D eigenvalue weighted by molar-refractivity contribution is 0.0369. The first-order valence-corrected chi connectivity index (χ1v) is 6.91. The summed E-state index contributed by atoms with van der Waals surface area (Å²) in [5.74, 6) is 0.915. The summed E-state index contributed by atoms with van der Waals surface area (Å²) in [6, 6.07) is 10.5. The van der Waals surface area contributed by atoms with Gasteiger partial charge in [-0.25, -0.2) is 0 Å². The van der Waals surface area contributed by atoms with Crippen LogP contribution in [0.5, 0.6) is 5.75 Å². The Morgan fingerprint density at radius 1 is 1.17 bits per heavy atom. The fourth-order valence-electron chi connectivity index (χ4n) is 2.46. The Morgan fingerprint density at radius 2 is 2.00 bits per heavy atom. The summed E-state index contributed by atoms with van der Waals surface area (Å²) in [4.78, 5) is 0. The minimum atomic E-state index is 0.411. The summed E-state index contributed by atoms with van der Waals surface area (Å²) in [5.41, 5.74) is 0. The number of hydrogen-bond donors (Lipinski definition) is 1. The number of benzene rings is 1. The van der Waals surface area contributed by atoms with Gasteiger partial charge in [-0.1, -0.05) is 25.1 Å². The normalized spacial score (nSPS) is 23.2. The molecule has 1 saturated carbocycles. The molecule has 0 saturated heterocycles. The number of hydrogen-bond acceptors (Lipinski definition) is 3. The molecule has 18 heavy (non-hydrogen) atoms. The molecule has 1 aromatic rings. The molecule has 0 spiro atoms. The standard InChI is InChI=1S/C15H23NO2/c1-2-16-13-8-9-15(12-13)18-11-10-17-14-6-4-3-5-7-14/h3-7,13,15-16H,2,8-12H2,1H3. The van der Waals surface area contributed by atoms with E-state index in [2.05, 4.69) is 12.2 Å². The quantitative estimate of drug-likeness (QED) is 0.754. The molecule has 0 heterocycles. The molecular weight excluding hydrogens is 226 g/mol. The van der Waals surface area contributed by atoms with Gasteiger partial charge in [0.05, 0.1) is 12.7 Å². The van der Waals surface area contributed by atoms with E-state index in [4.69, 9.17) is 9.47 Å². The molecule has 2 atom stereocenters.